The number of aromatic nitrogens is 1. The summed E-state index contributed by atoms with van der Waals surface area (Å²) in [7, 11) is 1.61. The molecule has 1 aromatic heterocycles. The van der Waals surface area contributed by atoms with Gasteiger partial charge in [0.2, 0.25) is 5.91 Å². The number of rotatable bonds is 5. The molecule has 0 unspecified atom stereocenters. The van der Waals surface area contributed by atoms with Crippen LogP contribution in [0, 0.1) is 6.92 Å². The summed E-state index contributed by atoms with van der Waals surface area (Å²) in [6, 6.07) is 13.8. The molecule has 4 nitrogen and oxygen atoms in total. The van der Waals surface area contributed by atoms with Crippen molar-refractivity contribution in [3.05, 3.63) is 69.5 Å². The van der Waals surface area contributed by atoms with Crippen LogP contribution in [0.15, 0.2) is 58.4 Å². The van der Waals surface area contributed by atoms with Crippen LogP contribution in [0.3, 0.4) is 0 Å². The zero-order chi connectivity index (χ0) is 18.5. The number of benzene rings is 2. The smallest absolute Gasteiger partial charge is 0.250 e. The van der Waals surface area contributed by atoms with Gasteiger partial charge in [-0.05, 0) is 46.6 Å². The molecule has 6 heteroatoms. The molecule has 0 radical (unpaired) electrons. The SMILES string of the molecule is COc1ccc(/C=C/C(=O)Nc2nc(-c3ccc(C)cc3)cs2)cc1Br. The lowest BCUT2D eigenvalue weighted by atomic mass is 10.1. The maximum atomic E-state index is 12.1. The van der Waals surface area contributed by atoms with E-state index >= 15 is 0 Å². The van der Waals surface area contributed by atoms with Crippen molar-refractivity contribution in [2.75, 3.05) is 12.4 Å². The zero-order valence-electron chi connectivity index (χ0n) is 14.3. The number of halogens is 1. The summed E-state index contributed by atoms with van der Waals surface area (Å²) in [5.74, 6) is 0.528. The Morgan fingerprint density at radius 3 is 2.69 bits per heavy atom. The van der Waals surface area contributed by atoms with Gasteiger partial charge in [0.25, 0.3) is 0 Å². The highest BCUT2D eigenvalue weighted by atomic mass is 79.9. The summed E-state index contributed by atoms with van der Waals surface area (Å²) in [6.07, 6.45) is 3.23. The molecule has 132 valence electrons. The van der Waals surface area contributed by atoms with E-state index in [0.717, 1.165) is 27.0 Å². The minimum absolute atomic E-state index is 0.221. The minimum Gasteiger partial charge on any atom is -0.496 e. The summed E-state index contributed by atoms with van der Waals surface area (Å²) in [4.78, 5) is 16.6. The number of carbonyl (C=O) groups excluding carboxylic acids is 1. The van der Waals surface area contributed by atoms with Gasteiger partial charge in [-0.1, -0.05) is 35.9 Å². The van der Waals surface area contributed by atoms with Crippen LogP contribution >= 0.6 is 27.3 Å². The molecule has 0 aliphatic carbocycles. The standard InChI is InChI=1S/C20H17BrN2O2S/c1-13-3-7-15(8-4-13)17-12-26-20(22-17)23-19(24)10-6-14-5-9-18(25-2)16(21)11-14/h3-12H,1-2H3,(H,22,23,24)/b10-6+. The number of ether oxygens (including phenoxy) is 1. The van der Waals surface area contributed by atoms with Crippen LogP contribution in [0.1, 0.15) is 11.1 Å². The van der Waals surface area contributed by atoms with E-state index < -0.39 is 0 Å². The molecule has 0 aliphatic heterocycles. The number of aryl methyl sites for hydroxylation is 1. The average molecular weight is 429 g/mol. The number of carbonyl (C=O) groups is 1. The normalized spacial score (nSPS) is 10.9. The van der Waals surface area contributed by atoms with Gasteiger partial charge in [0.05, 0.1) is 17.3 Å². The maximum Gasteiger partial charge on any atom is 0.250 e. The Kier molecular flexibility index (Phi) is 5.85. The Hall–Kier alpha value is -2.44. The molecule has 1 N–H and O–H groups in total. The van der Waals surface area contributed by atoms with Crippen molar-refractivity contribution in [2.45, 2.75) is 6.92 Å². The van der Waals surface area contributed by atoms with E-state index in [4.69, 9.17) is 4.74 Å². The highest BCUT2D eigenvalue weighted by Gasteiger charge is 2.06. The monoisotopic (exact) mass is 428 g/mol. The maximum absolute atomic E-state index is 12.1. The molecule has 0 atom stereocenters. The largest absolute Gasteiger partial charge is 0.496 e. The number of hydrogen-bond acceptors (Lipinski definition) is 4. The summed E-state index contributed by atoms with van der Waals surface area (Å²) in [5.41, 5.74) is 3.99. The molecule has 0 bridgehead atoms. The molecule has 3 aromatic rings. The average Bonchev–Trinajstić information content (AvgIpc) is 3.09. The number of anilines is 1. The van der Waals surface area contributed by atoms with E-state index in [2.05, 4.69) is 26.2 Å². The van der Waals surface area contributed by atoms with Crippen LogP contribution in [0.25, 0.3) is 17.3 Å². The van der Waals surface area contributed by atoms with E-state index in [-0.39, 0.29) is 5.91 Å². The Morgan fingerprint density at radius 2 is 2.00 bits per heavy atom. The van der Waals surface area contributed by atoms with Gasteiger partial charge in [-0.15, -0.1) is 11.3 Å². The fraction of sp³-hybridized carbons (Fsp3) is 0.100. The van der Waals surface area contributed by atoms with E-state index in [1.807, 2.05) is 54.8 Å². The van der Waals surface area contributed by atoms with Crippen molar-refractivity contribution in [1.82, 2.24) is 4.98 Å². The van der Waals surface area contributed by atoms with Gasteiger partial charge < -0.3 is 4.74 Å². The molecule has 0 fully saturated rings. The topological polar surface area (TPSA) is 51.2 Å². The first-order valence-electron chi connectivity index (χ1n) is 7.90. The highest BCUT2D eigenvalue weighted by molar-refractivity contribution is 9.10. The zero-order valence-corrected chi connectivity index (χ0v) is 16.7. The van der Waals surface area contributed by atoms with Crippen molar-refractivity contribution in [2.24, 2.45) is 0 Å². The summed E-state index contributed by atoms with van der Waals surface area (Å²) < 4.78 is 6.03. The third-order valence-electron chi connectivity index (χ3n) is 3.68. The molecule has 0 spiro atoms. The molecule has 26 heavy (non-hydrogen) atoms. The third kappa shape index (κ3) is 4.59. The van der Waals surface area contributed by atoms with Crippen molar-refractivity contribution in [3.8, 4) is 17.0 Å². The van der Waals surface area contributed by atoms with Gasteiger partial charge in [0, 0.05) is 17.0 Å². The van der Waals surface area contributed by atoms with Gasteiger partial charge in [0.15, 0.2) is 5.13 Å². The van der Waals surface area contributed by atoms with Crippen molar-refractivity contribution < 1.29 is 9.53 Å². The van der Waals surface area contributed by atoms with Gasteiger partial charge in [0.1, 0.15) is 5.75 Å². The summed E-state index contributed by atoms with van der Waals surface area (Å²) in [5, 5.41) is 5.31. The minimum atomic E-state index is -0.221. The summed E-state index contributed by atoms with van der Waals surface area (Å²) in [6.45, 7) is 2.05. The van der Waals surface area contributed by atoms with Crippen molar-refractivity contribution in [3.63, 3.8) is 0 Å². The molecule has 0 aliphatic rings. The number of amides is 1. The van der Waals surface area contributed by atoms with E-state index in [0.29, 0.717) is 5.13 Å². The van der Waals surface area contributed by atoms with Gasteiger partial charge in [-0.25, -0.2) is 4.98 Å². The predicted octanol–water partition coefficient (Wildman–Crippen LogP) is 5.54. The number of methoxy groups -OCH3 is 1. The molecule has 0 saturated carbocycles. The van der Waals surface area contributed by atoms with E-state index in [1.54, 1.807) is 13.2 Å². The Balaban J connectivity index is 1.65. The van der Waals surface area contributed by atoms with Crippen LogP contribution < -0.4 is 10.1 Å². The van der Waals surface area contributed by atoms with E-state index in [1.165, 1.54) is 23.0 Å². The Bertz CT molecular complexity index is 949. The van der Waals surface area contributed by atoms with Crippen LogP contribution in [0.2, 0.25) is 0 Å². The second-order valence-electron chi connectivity index (χ2n) is 5.62. The van der Waals surface area contributed by atoms with Gasteiger partial charge in [-0.3, -0.25) is 10.1 Å². The Morgan fingerprint density at radius 1 is 1.23 bits per heavy atom. The molecule has 1 heterocycles. The first-order chi connectivity index (χ1) is 12.5. The van der Waals surface area contributed by atoms with Crippen LogP contribution in [-0.2, 0) is 4.79 Å². The van der Waals surface area contributed by atoms with Crippen LogP contribution in [-0.4, -0.2) is 18.0 Å². The first-order valence-corrected chi connectivity index (χ1v) is 9.57. The molecular formula is C20H17BrN2O2S. The van der Waals surface area contributed by atoms with Crippen LogP contribution in [0.4, 0.5) is 5.13 Å². The van der Waals surface area contributed by atoms with Crippen molar-refractivity contribution >= 4 is 44.4 Å². The van der Waals surface area contributed by atoms with Gasteiger partial charge in [-0.2, -0.15) is 0 Å². The number of hydrogen-bond donors (Lipinski definition) is 1. The van der Waals surface area contributed by atoms with E-state index in [9.17, 15) is 4.79 Å². The molecule has 2 aromatic carbocycles. The second-order valence-corrected chi connectivity index (χ2v) is 7.33. The number of nitrogens with one attached hydrogen (secondary N) is 1. The first kappa shape index (κ1) is 18.4. The molecule has 1 amide bonds. The van der Waals surface area contributed by atoms with Crippen LogP contribution in [0.5, 0.6) is 5.75 Å². The fourth-order valence-electron chi connectivity index (χ4n) is 2.29. The second kappa shape index (κ2) is 8.29. The molecule has 0 saturated heterocycles. The lowest BCUT2D eigenvalue weighted by Gasteiger charge is -2.03. The Labute approximate surface area is 164 Å². The number of thiazole rings is 1. The lowest BCUT2D eigenvalue weighted by Crippen LogP contribution is -2.07. The summed E-state index contributed by atoms with van der Waals surface area (Å²) >= 11 is 4.83. The fourth-order valence-corrected chi connectivity index (χ4v) is 3.57. The molecule has 3 rings (SSSR count). The molecular weight excluding hydrogens is 412 g/mol. The van der Waals surface area contributed by atoms with Gasteiger partial charge >= 0.3 is 0 Å². The lowest BCUT2D eigenvalue weighted by molar-refractivity contribution is -0.111. The predicted molar refractivity (Wildman–Crippen MR) is 111 cm³/mol. The highest BCUT2D eigenvalue weighted by Crippen LogP contribution is 2.27. The third-order valence-corrected chi connectivity index (χ3v) is 5.06. The quantitative estimate of drug-likeness (QED) is 0.542. The van der Waals surface area contributed by atoms with Crippen molar-refractivity contribution in [1.29, 1.82) is 0 Å². The number of nitrogens with zero attached hydrogens (tertiary/aromatic N) is 1.